The fraction of sp³-hybridized carbons (Fsp3) is 0.429. The zero-order valence-electron chi connectivity index (χ0n) is 11.6. The first-order chi connectivity index (χ1) is 9.97. The Morgan fingerprint density at radius 1 is 1.38 bits per heavy atom. The van der Waals surface area contributed by atoms with Gasteiger partial charge in [0.25, 0.3) is 0 Å². The maximum atomic E-state index is 13.6. The normalized spacial score (nSPS) is 16.6. The molecule has 6 nitrogen and oxygen atoms in total. The van der Waals surface area contributed by atoms with E-state index >= 15 is 0 Å². The van der Waals surface area contributed by atoms with Crippen molar-refractivity contribution in [2.45, 2.75) is 25.8 Å². The number of piperidine rings is 1. The molecule has 1 amide bonds. The average molecular weight is 293 g/mol. The molecule has 0 atom stereocenters. The van der Waals surface area contributed by atoms with Crippen LogP contribution in [0.5, 0.6) is 0 Å². The number of likely N-dealkylation sites (tertiary alicyclic amines) is 1. The third-order valence-corrected chi connectivity index (χ3v) is 4.10. The van der Waals surface area contributed by atoms with Crippen molar-refractivity contribution in [3.63, 3.8) is 0 Å². The Kier molecular flexibility index (Phi) is 3.19. The lowest BCUT2D eigenvalue weighted by Crippen LogP contribution is -2.39. The maximum Gasteiger partial charge on any atom is 0.407 e. The number of carbonyl (C=O) groups is 1. The molecule has 0 spiro atoms. The summed E-state index contributed by atoms with van der Waals surface area (Å²) in [5, 5.41) is 8.96. The Morgan fingerprint density at radius 2 is 2.05 bits per heavy atom. The lowest BCUT2D eigenvalue weighted by Gasteiger charge is -2.30. The van der Waals surface area contributed by atoms with Crippen molar-refractivity contribution in [3.8, 4) is 0 Å². The molecule has 2 N–H and O–H groups in total. The Labute approximate surface area is 119 Å². The van der Waals surface area contributed by atoms with Crippen LogP contribution in [0.4, 0.5) is 9.18 Å². The summed E-state index contributed by atoms with van der Waals surface area (Å²) in [5.41, 5.74) is 1.36. The van der Waals surface area contributed by atoms with Crippen LogP contribution in [0.1, 0.15) is 24.4 Å². The highest BCUT2D eigenvalue weighted by molar-refractivity contribution is 5.76. The van der Waals surface area contributed by atoms with Gasteiger partial charge in [0.05, 0.1) is 11.0 Å². The standard InChI is InChI=1S/C14H16FN3O3/c1-8-6-12-11(7-10(8)15)16-13(19)18(12)9-2-4-17(5-3-9)14(20)21/h6-7,9H,2-5H2,1H3,(H,16,19)(H,20,21). The minimum absolute atomic E-state index is 0.0632. The number of benzene rings is 1. The van der Waals surface area contributed by atoms with Gasteiger partial charge in [-0.15, -0.1) is 0 Å². The molecule has 1 aromatic carbocycles. The van der Waals surface area contributed by atoms with Gasteiger partial charge in [0.15, 0.2) is 0 Å². The van der Waals surface area contributed by atoms with Gasteiger partial charge < -0.3 is 15.0 Å². The number of carboxylic acid groups (broad SMARTS) is 1. The summed E-state index contributed by atoms with van der Waals surface area (Å²) in [6.45, 7) is 2.46. The van der Waals surface area contributed by atoms with Crippen molar-refractivity contribution in [1.29, 1.82) is 0 Å². The van der Waals surface area contributed by atoms with Gasteiger partial charge in [-0.1, -0.05) is 0 Å². The average Bonchev–Trinajstić information content (AvgIpc) is 2.75. The van der Waals surface area contributed by atoms with E-state index in [9.17, 15) is 14.0 Å². The predicted octanol–water partition coefficient (Wildman–Crippen LogP) is 2.09. The molecular formula is C14H16FN3O3. The minimum Gasteiger partial charge on any atom is -0.465 e. The van der Waals surface area contributed by atoms with E-state index < -0.39 is 6.09 Å². The molecule has 1 aromatic heterocycles. The molecule has 3 rings (SSSR count). The smallest absolute Gasteiger partial charge is 0.407 e. The highest BCUT2D eigenvalue weighted by Crippen LogP contribution is 2.26. The van der Waals surface area contributed by atoms with E-state index in [-0.39, 0.29) is 17.5 Å². The largest absolute Gasteiger partial charge is 0.465 e. The molecular weight excluding hydrogens is 277 g/mol. The number of hydrogen-bond donors (Lipinski definition) is 2. The molecule has 21 heavy (non-hydrogen) atoms. The second-order valence-electron chi connectivity index (χ2n) is 5.42. The number of aromatic amines is 1. The first kappa shape index (κ1) is 13.7. The second kappa shape index (κ2) is 4.91. The summed E-state index contributed by atoms with van der Waals surface area (Å²) in [6, 6.07) is 2.92. The highest BCUT2D eigenvalue weighted by atomic mass is 19.1. The van der Waals surface area contributed by atoms with Crippen LogP contribution in [0.15, 0.2) is 16.9 Å². The van der Waals surface area contributed by atoms with Crippen molar-refractivity contribution in [3.05, 3.63) is 34.0 Å². The minimum atomic E-state index is -0.933. The molecule has 0 aliphatic carbocycles. The monoisotopic (exact) mass is 293 g/mol. The van der Waals surface area contributed by atoms with Crippen molar-refractivity contribution in [2.24, 2.45) is 0 Å². The Morgan fingerprint density at radius 3 is 2.67 bits per heavy atom. The zero-order valence-corrected chi connectivity index (χ0v) is 11.6. The van der Waals surface area contributed by atoms with Gasteiger partial charge in [-0.3, -0.25) is 4.57 Å². The molecule has 1 aliphatic heterocycles. The maximum absolute atomic E-state index is 13.6. The van der Waals surface area contributed by atoms with Crippen molar-refractivity contribution >= 4 is 17.1 Å². The summed E-state index contributed by atoms with van der Waals surface area (Å²) in [6.07, 6.45) is 0.225. The quantitative estimate of drug-likeness (QED) is 0.845. The Hall–Kier alpha value is -2.31. The van der Waals surface area contributed by atoms with Crippen LogP contribution in [0.3, 0.4) is 0 Å². The topological polar surface area (TPSA) is 78.3 Å². The number of nitrogens with one attached hydrogen (secondary N) is 1. The van der Waals surface area contributed by atoms with Crippen LogP contribution < -0.4 is 5.69 Å². The predicted molar refractivity (Wildman–Crippen MR) is 75.1 cm³/mol. The Bertz CT molecular complexity index is 757. The zero-order chi connectivity index (χ0) is 15.1. The van der Waals surface area contributed by atoms with Gasteiger partial charge in [0.2, 0.25) is 0 Å². The number of H-pyrrole nitrogens is 1. The van der Waals surface area contributed by atoms with Crippen LogP contribution in [0.25, 0.3) is 11.0 Å². The lowest BCUT2D eigenvalue weighted by atomic mass is 10.0. The van der Waals surface area contributed by atoms with Gasteiger partial charge in [-0.25, -0.2) is 14.0 Å². The van der Waals surface area contributed by atoms with Gasteiger partial charge in [-0.05, 0) is 37.5 Å². The lowest BCUT2D eigenvalue weighted by molar-refractivity contribution is 0.125. The third kappa shape index (κ3) is 2.28. The number of amides is 1. The van der Waals surface area contributed by atoms with Gasteiger partial charge >= 0.3 is 11.8 Å². The third-order valence-electron chi connectivity index (χ3n) is 4.10. The number of aromatic nitrogens is 2. The summed E-state index contributed by atoms with van der Waals surface area (Å²) < 4.78 is 15.2. The molecule has 1 saturated heterocycles. The summed E-state index contributed by atoms with van der Waals surface area (Å²) in [7, 11) is 0. The fourth-order valence-corrected chi connectivity index (χ4v) is 2.93. The molecule has 1 fully saturated rings. The van der Waals surface area contributed by atoms with Crippen molar-refractivity contribution in [1.82, 2.24) is 14.5 Å². The number of hydrogen-bond acceptors (Lipinski definition) is 2. The molecule has 0 bridgehead atoms. The van der Waals surface area contributed by atoms with E-state index in [0.29, 0.717) is 42.5 Å². The number of fused-ring (bicyclic) bond motifs is 1. The van der Waals surface area contributed by atoms with Crippen LogP contribution in [-0.4, -0.2) is 38.7 Å². The summed E-state index contributed by atoms with van der Waals surface area (Å²) in [4.78, 5) is 27.1. The molecule has 112 valence electrons. The Balaban J connectivity index is 1.98. The van der Waals surface area contributed by atoms with E-state index in [1.54, 1.807) is 17.6 Å². The number of aryl methyl sites for hydroxylation is 1. The van der Waals surface area contributed by atoms with Crippen LogP contribution in [-0.2, 0) is 0 Å². The van der Waals surface area contributed by atoms with Gasteiger partial charge in [0.1, 0.15) is 5.82 Å². The van der Waals surface area contributed by atoms with Gasteiger partial charge in [-0.2, -0.15) is 0 Å². The van der Waals surface area contributed by atoms with Crippen molar-refractivity contribution in [2.75, 3.05) is 13.1 Å². The van der Waals surface area contributed by atoms with Crippen LogP contribution in [0.2, 0.25) is 0 Å². The van der Waals surface area contributed by atoms with Gasteiger partial charge in [0, 0.05) is 19.1 Å². The molecule has 0 saturated carbocycles. The van der Waals surface area contributed by atoms with Crippen molar-refractivity contribution < 1.29 is 14.3 Å². The fourth-order valence-electron chi connectivity index (χ4n) is 2.93. The number of imidazole rings is 1. The SMILES string of the molecule is Cc1cc2c(cc1F)[nH]c(=O)n2C1CCN(C(=O)O)CC1. The molecule has 2 aromatic rings. The summed E-state index contributed by atoms with van der Waals surface area (Å²) in [5.74, 6) is -0.350. The molecule has 2 heterocycles. The highest BCUT2D eigenvalue weighted by Gasteiger charge is 2.25. The van der Waals surface area contributed by atoms with Crippen LogP contribution >= 0.6 is 0 Å². The molecule has 7 heteroatoms. The first-order valence-electron chi connectivity index (χ1n) is 6.85. The number of halogens is 1. The molecule has 1 aliphatic rings. The van der Waals surface area contributed by atoms with Crippen LogP contribution in [0, 0.1) is 12.7 Å². The first-order valence-corrected chi connectivity index (χ1v) is 6.85. The molecule has 0 radical (unpaired) electrons. The number of nitrogens with zero attached hydrogens (tertiary/aromatic N) is 2. The second-order valence-corrected chi connectivity index (χ2v) is 5.42. The van der Waals surface area contributed by atoms with E-state index in [1.807, 2.05) is 0 Å². The summed E-state index contributed by atoms with van der Waals surface area (Å²) >= 11 is 0. The van der Waals surface area contributed by atoms with E-state index in [1.165, 1.54) is 11.0 Å². The van der Waals surface area contributed by atoms with E-state index in [0.717, 1.165) is 0 Å². The van der Waals surface area contributed by atoms with E-state index in [2.05, 4.69) is 4.98 Å². The number of rotatable bonds is 1. The molecule has 0 unspecified atom stereocenters. The van der Waals surface area contributed by atoms with E-state index in [4.69, 9.17) is 5.11 Å².